The van der Waals surface area contributed by atoms with E-state index in [1.165, 1.54) is 59.1 Å². The van der Waals surface area contributed by atoms with Crippen LogP contribution < -0.4 is 9.80 Å². The van der Waals surface area contributed by atoms with E-state index in [-0.39, 0.29) is 10.8 Å². The summed E-state index contributed by atoms with van der Waals surface area (Å²) in [7, 11) is 0. The van der Waals surface area contributed by atoms with Gasteiger partial charge in [-0.1, -0.05) is 199 Å². The molecular weight excluding hydrogens is 905 g/mol. The number of para-hydroxylation sites is 3. The number of hydrogen-bond acceptors (Lipinski definition) is 4. The largest absolute Gasteiger partial charge is 0.455 e. The zero-order valence-electron chi connectivity index (χ0n) is 42.2. The lowest BCUT2D eigenvalue weighted by Crippen LogP contribution is -2.29. The zero-order valence-corrected chi connectivity index (χ0v) is 43.0. The van der Waals surface area contributed by atoms with Crippen LogP contribution in [0.5, 0.6) is 0 Å². The Morgan fingerprint density at radius 2 is 0.808 bits per heavy atom. The molecule has 0 N–H and O–H groups in total. The van der Waals surface area contributed by atoms with Crippen molar-refractivity contribution in [1.29, 1.82) is 0 Å². The smallest absolute Gasteiger partial charge is 0.145 e. The topological polar surface area (TPSA) is 19.6 Å². The molecule has 3 nitrogen and oxygen atoms in total. The van der Waals surface area contributed by atoms with Crippen LogP contribution in [-0.2, 0) is 16.2 Å². The normalized spacial score (nSPS) is 13.2. The fourth-order valence-electron chi connectivity index (χ4n) is 11.7. The van der Waals surface area contributed by atoms with E-state index >= 15 is 0 Å². The van der Waals surface area contributed by atoms with Crippen LogP contribution >= 0.6 is 11.3 Å². The summed E-state index contributed by atoms with van der Waals surface area (Å²) in [6.07, 6.45) is 0. The van der Waals surface area contributed by atoms with Crippen LogP contribution in [0.25, 0.3) is 53.2 Å². The molecule has 0 saturated heterocycles. The number of hydrogen-bond donors (Lipinski definition) is 0. The molecule has 0 radical (unpaired) electrons. The van der Waals surface area contributed by atoms with E-state index in [9.17, 15) is 0 Å². The first-order valence-corrected chi connectivity index (χ1v) is 26.3. The van der Waals surface area contributed by atoms with Crippen LogP contribution in [0.4, 0.5) is 34.1 Å². The van der Waals surface area contributed by atoms with Gasteiger partial charge in [-0.3, -0.25) is 0 Å². The molecule has 4 heteroatoms. The molecule has 73 heavy (non-hydrogen) atoms. The Hall–Kier alpha value is -8.18. The highest BCUT2D eigenvalue weighted by Crippen LogP contribution is 2.65. The molecule has 0 unspecified atom stereocenters. The molecule has 2 heterocycles. The Kier molecular flexibility index (Phi) is 10.4. The van der Waals surface area contributed by atoms with Crippen molar-refractivity contribution < 1.29 is 4.42 Å². The van der Waals surface area contributed by atoms with Crippen molar-refractivity contribution in [2.24, 2.45) is 0 Å². The van der Waals surface area contributed by atoms with Gasteiger partial charge < -0.3 is 14.2 Å². The Morgan fingerprint density at radius 3 is 1.32 bits per heavy atom. The molecule has 354 valence electrons. The van der Waals surface area contributed by atoms with Gasteiger partial charge in [0.05, 0.1) is 22.2 Å². The first-order valence-electron chi connectivity index (χ1n) is 25.5. The number of thiophene rings is 1. The van der Waals surface area contributed by atoms with E-state index in [0.29, 0.717) is 0 Å². The number of fused-ring (bicyclic) bond motifs is 11. The van der Waals surface area contributed by atoms with Gasteiger partial charge >= 0.3 is 0 Å². The molecule has 13 rings (SSSR count). The lowest BCUT2D eigenvalue weighted by atomic mass is 9.67. The second-order valence-corrected chi connectivity index (χ2v) is 22.7. The SMILES string of the molecule is CC(C)(C)c1ccc(N(c2ccccc2)c2cc3c(c4oc5ccccc5c24)-c2c(cc(N(c4ccccc4)c4ccc(C(C)(C)C)cc4)c4c2sc2ccccc24)C3(c2ccccc2)c2ccccc2)cc1. The van der Waals surface area contributed by atoms with Crippen molar-refractivity contribution >= 4 is 87.6 Å². The third kappa shape index (κ3) is 7.06. The summed E-state index contributed by atoms with van der Waals surface area (Å²) in [6, 6.07) is 85.4. The summed E-state index contributed by atoms with van der Waals surface area (Å²) in [5, 5.41) is 4.63. The van der Waals surface area contributed by atoms with Gasteiger partial charge in [-0.2, -0.15) is 0 Å². The van der Waals surface area contributed by atoms with Crippen molar-refractivity contribution in [2.75, 3.05) is 9.80 Å². The lowest BCUT2D eigenvalue weighted by Gasteiger charge is -2.36. The predicted molar refractivity (Wildman–Crippen MR) is 311 cm³/mol. The van der Waals surface area contributed by atoms with Crippen LogP contribution in [0, 0.1) is 0 Å². The Balaban J connectivity index is 1.23. The highest BCUT2D eigenvalue weighted by molar-refractivity contribution is 7.26. The minimum Gasteiger partial charge on any atom is -0.455 e. The average molecular weight is 961 g/mol. The first kappa shape index (κ1) is 44.7. The number of anilines is 6. The quantitative estimate of drug-likeness (QED) is 0.151. The average Bonchev–Trinajstić information content (AvgIpc) is 4.10. The molecule has 12 aromatic rings. The van der Waals surface area contributed by atoms with Crippen LogP contribution in [0.2, 0.25) is 0 Å². The molecule has 1 aliphatic rings. The van der Waals surface area contributed by atoms with Crippen LogP contribution in [0.1, 0.15) is 74.9 Å². The van der Waals surface area contributed by atoms with E-state index in [0.717, 1.165) is 61.6 Å². The van der Waals surface area contributed by atoms with E-state index in [1.807, 2.05) is 11.3 Å². The Bertz CT molecular complexity index is 3740. The van der Waals surface area contributed by atoms with E-state index in [4.69, 9.17) is 4.42 Å². The number of furan rings is 1. The van der Waals surface area contributed by atoms with Crippen molar-refractivity contribution in [3.63, 3.8) is 0 Å². The van der Waals surface area contributed by atoms with Gasteiger partial charge in [-0.15, -0.1) is 11.3 Å². The summed E-state index contributed by atoms with van der Waals surface area (Å²) < 4.78 is 9.97. The molecule has 1 aliphatic carbocycles. The van der Waals surface area contributed by atoms with E-state index in [2.05, 4.69) is 282 Å². The minimum atomic E-state index is -0.800. The molecule has 10 aromatic carbocycles. The van der Waals surface area contributed by atoms with Gasteiger partial charge in [0.15, 0.2) is 0 Å². The van der Waals surface area contributed by atoms with Gasteiger partial charge in [0.1, 0.15) is 11.2 Å². The molecular formula is C69H56N2OS. The maximum Gasteiger partial charge on any atom is 0.145 e. The Labute approximate surface area is 432 Å². The summed E-state index contributed by atoms with van der Waals surface area (Å²) in [6.45, 7) is 13.7. The van der Waals surface area contributed by atoms with Crippen molar-refractivity contribution in [1.82, 2.24) is 0 Å². The molecule has 0 fully saturated rings. The van der Waals surface area contributed by atoms with Gasteiger partial charge in [0.25, 0.3) is 0 Å². The molecule has 0 atom stereocenters. The van der Waals surface area contributed by atoms with Gasteiger partial charge in [0.2, 0.25) is 0 Å². The van der Waals surface area contributed by atoms with Gasteiger partial charge in [-0.05, 0) is 117 Å². The maximum absolute atomic E-state index is 7.49. The highest BCUT2D eigenvalue weighted by atomic mass is 32.1. The second kappa shape index (κ2) is 17.0. The zero-order chi connectivity index (χ0) is 49.6. The summed E-state index contributed by atoms with van der Waals surface area (Å²) in [4.78, 5) is 4.96. The van der Waals surface area contributed by atoms with Crippen LogP contribution in [0.3, 0.4) is 0 Å². The third-order valence-corrected chi connectivity index (χ3v) is 16.4. The van der Waals surface area contributed by atoms with Gasteiger partial charge in [0, 0.05) is 59.4 Å². The molecule has 0 aliphatic heterocycles. The van der Waals surface area contributed by atoms with E-state index in [1.54, 1.807) is 0 Å². The number of rotatable bonds is 8. The summed E-state index contributed by atoms with van der Waals surface area (Å²) >= 11 is 1.89. The monoisotopic (exact) mass is 960 g/mol. The lowest BCUT2D eigenvalue weighted by molar-refractivity contribution is 0.590. The van der Waals surface area contributed by atoms with Crippen molar-refractivity contribution in [3.8, 4) is 11.1 Å². The van der Waals surface area contributed by atoms with Gasteiger partial charge in [-0.25, -0.2) is 0 Å². The summed E-state index contributed by atoms with van der Waals surface area (Å²) in [5.74, 6) is 0. The van der Waals surface area contributed by atoms with Crippen LogP contribution in [-0.4, -0.2) is 0 Å². The predicted octanol–water partition coefficient (Wildman–Crippen LogP) is 19.9. The second-order valence-electron chi connectivity index (χ2n) is 21.7. The van der Waals surface area contributed by atoms with Crippen LogP contribution in [0.15, 0.2) is 235 Å². The van der Waals surface area contributed by atoms with E-state index < -0.39 is 5.41 Å². The maximum atomic E-state index is 7.49. The highest BCUT2D eigenvalue weighted by Gasteiger charge is 2.50. The fraction of sp³-hybridized carbons (Fsp3) is 0.130. The molecule has 0 saturated carbocycles. The molecule has 0 spiro atoms. The molecule has 2 aromatic heterocycles. The van der Waals surface area contributed by atoms with Crippen molar-refractivity contribution in [2.45, 2.75) is 57.8 Å². The minimum absolute atomic E-state index is 0.00278. The first-order chi connectivity index (χ1) is 35.5. The fourth-order valence-corrected chi connectivity index (χ4v) is 13.0. The third-order valence-electron chi connectivity index (χ3n) is 15.2. The number of benzene rings is 10. The number of nitrogens with zero attached hydrogens (tertiary/aromatic N) is 2. The molecule has 0 amide bonds. The molecule has 0 bridgehead atoms. The Morgan fingerprint density at radius 1 is 0.397 bits per heavy atom. The summed E-state index contributed by atoms with van der Waals surface area (Å²) in [5.41, 5.74) is 17.2. The standard InChI is InChI=1S/C69H56N2OS/c1-67(2,3)45-35-39-51(40-36-45)70(49-27-15-9-16-28-49)57-43-55-63(65-61(57)53-31-19-21-33-59(53)72-65)64-56(69(55,47-23-11-7-12-24-47)48-25-13-8-14-26-48)44-58(62-54-32-20-22-34-60(54)73-66(62)64)71(50-29-17-10-18-30-50)52-41-37-46(38-42-52)68(4,5)6/h7-44H,1-6H3. The van der Waals surface area contributed by atoms with Crippen molar-refractivity contribution in [3.05, 3.63) is 264 Å².